The first-order valence-electron chi connectivity index (χ1n) is 5.84. The third-order valence-corrected chi connectivity index (χ3v) is 3.31. The Morgan fingerprint density at radius 2 is 2.29 bits per heavy atom. The highest BCUT2D eigenvalue weighted by atomic mass is 32.1. The number of anilines is 1. The summed E-state index contributed by atoms with van der Waals surface area (Å²) in [6.45, 7) is 6.61. The highest BCUT2D eigenvalue weighted by molar-refractivity contribution is 7.80. The minimum absolute atomic E-state index is 0.361. The molecule has 1 aliphatic heterocycles. The number of rotatable bonds is 2. The zero-order valence-electron chi connectivity index (χ0n) is 10.3. The Labute approximate surface area is 108 Å². The Morgan fingerprint density at radius 3 is 2.94 bits per heavy atom. The Morgan fingerprint density at radius 1 is 1.53 bits per heavy atom. The van der Waals surface area contributed by atoms with Crippen LogP contribution in [0, 0.1) is 6.92 Å². The molecule has 1 aromatic rings. The van der Waals surface area contributed by atoms with Gasteiger partial charge in [-0.1, -0.05) is 23.8 Å². The number of nitrogens with zero attached hydrogens (tertiary/aromatic N) is 1. The monoisotopic (exact) mass is 250 g/mol. The van der Waals surface area contributed by atoms with Gasteiger partial charge in [0.15, 0.2) is 0 Å². The van der Waals surface area contributed by atoms with Crippen molar-refractivity contribution in [2.75, 3.05) is 24.7 Å². The second kappa shape index (κ2) is 5.02. The molecule has 1 fully saturated rings. The first kappa shape index (κ1) is 12.3. The van der Waals surface area contributed by atoms with E-state index in [1.54, 1.807) is 0 Å². The molecule has 92 valence electrons. The van der Waals surface area contributed by atoms with Gasteiger partial charge in [-0.25, -0.2) is 0 Å². The summed E-state index contributed by atoms with van der Waals surface area (Å²) in [5.74, 6) is 0. The number of hydrogen-bond acceptors (Lipinski definition) is 3. The van der Waals surface area contributed by atoms with Gasteiger partial charge >= 0.3 is 0 Å². The number of morpholine rings is 1. The largest absolute Gasteiger partial charge is 0.389 e. The highest BCUT2D eigenvalue weighted by Gasteiger charge is 2.21. The summed E-state index contributed by atoms with van der Waals surface area (Å²) in [5.41, 5.74) is 9.08. The summed E-state index contributed by atoms with van der Waals surface area (Å²) in [4.78, 5) is 2.78. The number of thiocarbonyl (C=S) groups is 1. The summed E-state index contributed by atoms with van der Waals surface area (Å²) < 4.78 is 5.45. The van der Waals surface area contributed by atoms with E-state index in [0.717, 1.165) is 31.0 Å². The Kier molecular flexibility index (Phi) is 3.64. The first-order valence-corrected chi connectivity index (χ1v) is 6.25. The average molecular weight is 250 g/mol. The van der Waals surface area contributed by atoms with Gasteiger partial charge in [0.2, 0.25) is 0 Å². The van der Waals surface area contributed by atoms with Gasteiger partial charge in [0, 0.05) is 23.8 Å². The lowest BCUT2D eigenvalue weighted by Gasteiger charge is -2.36. The van der Waals surface area contributed by atoms with Crippen molar-refractivity contribution in [3.63, 3.8) is 0 Å². The Bertz CT molecular complexity index is 433. The molecule has 17 heavy (non-hydrogen) atoms. The number of ether oxygens (including phenoxy) is 1. The molecule has 0 aliphatic carbocycles. The van der Waals surface area contributed by atoms with E-state index in [0.29, 0.717) is 11.0 Å². The van der Waals surface area contributed by atoms with Gasteiger partial charge in [-0.15, -0.1) is 0 Å². The average Bonchev–Trinajstić information content (AvgIpc) is 2.30. The quantitative estimate of drug-likeness (QED) is 0.813. The van der Waals surface area contributed by atoms with Gasteiger partial charge in [-0.3, -0.25) is 0 Å². The molecule has 1 heterocycles. The molecule has 3 nitrogen and oxygen atoms in total. The van der Waals surface area contributed by atoms with E-state index in [2.05, 4.69) is 30.0 Å². The standard InChI is InChI=1S/C13H18N2OS/c1-9-3-4-12(11(7-9)13(14)17)15-5-6-16-8-10(15)2/h3-4,7,10H,5-6,8H2,1-2H3,(H2,14,17). The van der Waals surface area contributed by atoms with Crippen LogP contribution in [0.4, 0.5) is 5.69 Å². The van der Waals surface area contributed by atoms with Gasteiger partial charge in [0.1, 0.15) is 4.99 Å². The summed E-state index contributed by atoms with van der Waals surface area (Å²) in [6, 6.07) is 6.62. The molecule has 0 spiro atoms. The van der Waals surface area contributed by atoms with Crippen LogP contribution in [0.3, 0.4) is 0 Å². The lowest BCUT2D eigenvalue weighted by molar-refractivity contribution is 0.0989. The summed E-state index contributed by atoms with van der Waals surface area (Å²) in [5, 5.41) is 0. The van der Waals surface area contributed by atoms with Crippen LogP contribution in [-0.4, -0.2) is 30.8 Å². The Hall–Kier alpha value is -1.13. The second-order valence-electron chi connectivity index (χ2n) is 4.50. The fourth-order valence-corrected chi connectivity index (χ4v) is 2.35. The number of benzene rings is 1. The van der Waals surface area contributed by atoms with Gasteiger partial charge in [0.05, 0.1) is 13.2 Å². The molecule has 2 N–H and O–H groups in total. The van der Waals surface area contributed by atoms with Crippen LogP contribution in [0.5, 0.6) is 0 Å². The van der Waals surface area contributed by atoms with Gasteiger partial charge in [-0.05, 0) is 26.0 Å². The molecule has 1 unspecified atom stereocenters. The minimum Gasteiger partial charge on any atom is -0.389 e. The van der Waals surface area contributed by atoms with Crippen LogP contribution in [0.1, 0.15) is 18.1 Å². The van der Waals surface area contributed by atoms with E-state index in [1.807, 2.05) is 6.92 Å². The number of hydrogen-bond donors (Lipinski definition) is 1. The van der Waals surface area contributed by atoms with Crippen molar-refractivity contribution < 1.29 is 4.74 Å². The zero-order valence-corrected chi connectivity index (χ0v) is 11.1. The molecular weight excluding hydrogens is 232 g/mol. The van der Waals surface area contributed by atoms with Gasteiger partial charge < -0.3 is 15.4 Å². The molecule has 1 atom stereocenters. The highest BCUT2D eigenvalue weighted by Crippen LogP contribution is 2.25. The maximum absolute atomic E-state index is 5.81. The topological polar surface area (TPSA) is 38.5 Å². The smallest absolute Gasteiger partial charge is 0.106 e. The summed E-state index contributed by atoms with van der Waals surface area (Å²) >= 11 is 5.14. The summed E-state index contributed by atoms with van der Waals surface area (Å²) in [7, 11) is 0. The maximum atomic E-state index is 5.81. The van der Waals surface area contributed by atoms with Crippen molar-refractivity contribution in [2.24, 2.45) is 5.73 Å². The first-order chi connectivity index (χ1) is 8.09. The SMILES string of the molecule is Cc1ccc(N2CCOCC2C)c(C(N)=S)c1. The van der Waals surface area contributed by atoms with E-state index in [-0.39, 0.29) is 0 Å². The fourth-order valence-electron chi connectivity index (χ4n) is 2.18. The van der Waals surface area contributed by atoms with Crippen molar-refractivity contribution in [1.82, 2.24) is 0 Å². The van der Waals surface area contributed by atoms with Crippen molar-refractivity contribution in [1.29, 1.82) is 0 Å². The molecule has 1 aromatic carbocycles. The molecule has 0 bridgehead atoms. The van der Waals surface area contributed by atoms with Gasteiger partial charge in [0.25, 0.3) is 0 Å². The predicted octanol–water partition coefficient (Wildman–Crippen LogP) is 1.85. The molecule has 0 aromatic heterocycles. The predicted molar refractivity (Wildman–Crippen MR) is 74.7 cm³/mol. The molecular formula is C13H18N2OS. The number of nitrogens with two attached hydrogens (primary N) is 1. The molecule has 1 aliphatic rings. The van der Waals surface area contributed by atoms with Crippen LogP contribution in [0.25, 0.3) is 0 Å². The second-order valence-corrected chi connectivity index (χ2v) is 4.94. The van der Waals surface area contributed by atoms with Crippen molar-refractivity contribution in [3.8, 4) is 0 Å². The zero-order chi connectivity index (χ0) is 12.4. The van der Waals surface area contributed by atoms with E-state index < -0.39 is 0 Å². The lowest BCUT2D eigenvalue weighted by atomic mass is 10.1. The molecule has 0 radical (unpaired) electrons. The van der Waals surface area contributed by atoms with Crippen LogP contribution in [0.2, 0.25) is 0 Å². The molecule has 4 heteroatoms. The summed E-state index contributed by atoms with van der Waals surface area (Å²) in [6.07, 6.45) is 0. The number of aryl methyl sites for hydroxylation is 1. The van der Waals surface area contributed by atoms with Crippen LogP contribution in [-0.2, 0) is 4.74 Å². The maximum Gasteiger partial charge on any atom is 0.106 e. The third-order valence-electron chi connectivity index (χ3n) is 3.09. The van der Waals surface area contributed by atoms with Crippen molar-refractivity contribution in [3.05, 3.63) is 29.3 Å². The van der Waals surface area contributed by atoms with E-state index in [4.69, 9.17) is 22.7 Å². The molecule has 2 rings (SSSR count). The van der Waals surface area contributed by atoms with Crippen molar-refractivity contribution in [2.45, 2.75) is 19.9 Å². The Balaban J connectivity index is 2.39. The molecule has 0 saturated carbocycles. The van der Waals surface area contributed by atoms with Gasteiger partial charge in [-0.2, -0.15) is 0 Å². The van der Waals surface area contributed by atoms with E-state index in [1.165, 1.54) is 5.56 Å². The van der Waals surface area contributed by atoms with Crippen LogP contribution in [0.15, 0.2) is 18.2 Å². The van der Waals surface area contributed by atoms with Crippen molar-refractivity contribution >= 4 is 22.9 Å². The third kappa shape index (κ3) is 2.58. The molecule has 1 saturated heterocycles. The normalized spacial score (nSPS) is 20.4. The van der Waals surface area contributed by atoms with E-state index >= 15 is 0 Å². The molecule has 0 amide bonds. The fraction of sp³-hybridized carbons (Fsp3) is 0.462. The lowest BCUT2D eigenvalue weighted by Crippen LogP contribution is -2.44. The minimum atomic E-state index is 0.361. The van der Waals surface area contributed by atoms with E-state index in [9.17, 15) is 0 Å². The van der Waals surface area contributed by atoms with Crippen LogP contribution < -0.4 is 10.6 Å². The van der Waals surface area contributed by atoms with Crippen LogP contribution >= 0.6 is 12.2 Å².